The first kappa shape index (κ1) is 13.2. The molecule has 1 unspecified atom stereocenters. The SMILES string of the molecule is Cc1ccc(NC(=O)CC(C)C(=O)O)c(C)c1. The number of carboxylic acid groups (broad SMARTS) is 1. The Hall–Kier alpha value is -1.84. The third-order valence-electron chi connectivity index (χ3n) is 2.57. The maximum Gasteiger partial charge on any atom is 0.306 e. The standard InChI is InChI=1S/C13H17NO3/c1-8-4-5-11(9(2)6-8)14-12(15)7-10(3)13(16)17/h4-6,10H,7H2,1-3H3,(H,14,15)(H,16,17). The van der Waals surface area contributed by atoms with Gasteiger partial charge in [0.05, 0.1) is 5.92 Å². The summed E-state index contributed by atoms with van der Waals surface area (Å²) in [6, 6.07) is 5.70. The molecule has 0 aliphatic rings. The van der Waals surface area contributed by atoms with E-state index in [1.165, 1.54) is 6.92 Å². The van der Waals surface area contributed by atoms with Gasteiger partial charge in [0, 0.05) is 12.1 Å². The summed E-state index contributed by atoms with van der Waals surface area (Å²) in [5.41, 5.74) is 2.83. The van der Waals surface area contributed by atoms with Crippen molar-refractivity contribution < 1.29 is 14.7 Å². The molecule has 0 saturated carbocycles. The molecule has 0 radical (unpaired) electrons. The molecule has 17 heavy (non-hydrogen) atoms. The Bertz CT molecular complexity index is 440. The summed E-state index contributed by atoms with van der Waals surface area (Å²) >= 11 is 0. The highest BCUT2D eigenvalue weighted by Gasteiger charge is 2.16. The molecule has 0 saturated heterocycles. The van der Waals surface area contributed by atoms with Gasteiger partial charge in [0.15, 0.2) is 0 Å². The third-order valence-corrected chi connectivity index (χ3v) is 2.57. The minimum Gasteiger partial charge on any atom is -0.481 e. The predicted octanol–water partition coefficient (Wildman–Crippen LogP) is 2.35. The maximum absolute atomic E-state index is 11.6. The fourth-order valence-electron chi connectivity index (χ4n) is 1.52. The van der Waals surface area contributed by atoms with E-state index in [2.05, 4.69) is 5.32 Å². The van der Waals surface area contributed by atoms with E-state index in [4.69, 9.17) is 5.11 Å². The summed E-state index contributed by atoms with van der Waals surface area (Å²) in [5.74, 6) is -1.90. The van der Waals surface area contributed by atoms with E-state index in [1.807, 2.05) is 32.0 Å². The highest BCUT2D eigenvalue weighted by Crippen LogP contribution is 2.16. The number of aryl methyl sites for hydroxylation is 2. The summed E-state index contributed by atoms with van der Waals surface area (Å²) < 4.78 is 0. The number of hydrogen-bond donors (Lipinski definition) is 2. The molecule has 2 N–H and O–H groups in total. The number of anilines is 1. The Morgan fingerprint density at radius 2 is 2.00 bits per heavy atom. The van der Waals surface area contributed by atoms with E-state index in [0.29, 0.717) is 0 Å². The van der Waals surface area contributed by atoms with Crippen LogP contribution >= 0.6 is 0 Å². The molecule has 92 valence electrons. The lowest BCUT2D eigenvalue weighted by Gasteiger charge is -2.10. The van der Waals surface area contributed by atoms with E-state index < -0.39 is 11.9 Å². The first-order valence-corrected chi connectivity index (χ1v) is 5.50. The van der Waals surface area contributed by atoms with Crippen LogP contribution in [-0.2, 0) is 9.59 Å². The van der Waals surface area contributed by atoms with Gasteiger partial charge in [-0.2, -0.15) is 0 Å². The molecule has 0 fully saturated rings. The van der Waals surface area contributed by atoms with Gasteiger partial charge in [0.25, 0.3) is 0 Å². The molecule has 0 spiro atoms. The summed E-state index contributed by atoms with van der Waals surface area (Å²) in [7, 11) is 0. The van der Waals surface area contributed by atoms with Crippen molar-refractivity contribution in [2.45, 2.75) is 27.2 Å². The molecular formula is C13H17NO3. The molecule has 0 aliphatic heterocycles. The van der Waals surface area contributed by atoms with Crippen molar-refractivity contribution in [3.8, 4) is 0 Å². The minimum atomic E-state index is -0.958. The zero-order valence-corrected chi connectivity index (χ0v) is 10.3. The molecule has 0 bridgehead atoms. The van der Waals surface area contributed by atoms with Gasteiger partial charge >= 0.3 is 5.97 Å². The zero-order chi connectivity index (χ0) is 13.0. The topological polar surface area (TPSA) is 66.4 Å². The number of aliphatic carboxylic acids is 1. The molecule has 4 heteroatoms. The Balaban J connectivity index is 2.65. The van der Waals surface area contributed by atoms with E-state index in [0.717, 1.165) is 16.8 Å². The van der Waals surface area contributed by atoms with E-state index in [9.17, 15) is 9.59 Å². The number of carbonyl (C=O) groups is 2. The van der Waals surface area contributed by atoms with Gasteiger partial charge in [-0.1, -0.05) is 24.6 Å². The van der Waals surface area contributed by atoms with Crippen LogP contribution in [-0.4, -0.2) is 17.0 Å². The fraction of sp³-hybridized carbons (Fsp3) is 0.385. The molecule has 1 aromatic carbocycles. The van der Waals surface area contributed by atoms with Crippen molar-refractivity contribution in [1.82, 2.24) is 0 Å². The van der Waals surface area contributed by atoms with Crippen molar-refractivity contribution in [3.05, 3.63) is 29.3 Å². The van der Waals surface area contributed by atoms with Gasteiger partial charge in [-0.15, -0.1) is 0 Å². The Morgan fingerprint density at radius 3 is 2.53 bits per heavy atom. The lowest BCUT2D eigenvalue weighted by molar-refractivity contribution is -0.142. The van der Waals surface area contributed by atoms with Gasteiger partial charge < -0.3 is 10.4 Å². The molecule has 4 nitrogen and oxygen atoms in total. The maximum atomic E-state index is 11.6. The average molecular weight is 235 g/mol. The van der Waals surface area contributed by atoms with E-state index >= 15 is 0 Å². The van der Waals surface area contributed by atoms with Crippen molar-refractivity contribution in [2.24, 2.45) is 5.92 Å². The molecular weight excluding hydrogens is 218 g/mol. The number of carbonyl (C=O) groups excluding carboxylic acids is 1. The zero-order valence-electron chi connectivity index (χ0n) is 10.3. The van der Waals surface area contributed by atoms with Crippen LogP contribution in [0.25, 0.3) is 0 Å². The largest absolute Gasteiger partial charge is 0.481 e. The van der Waals surface area contributed by atoms with Crippen molar-refractivity contribution in [2.75, 3.05) is 5.32 Å². The second-order valence-electron chi connectivity index (χ2n) is 4.31. The molecule has 0 aliphatic carbocycles. The molecule has 1 aromatic rings. The Labute approximate surface area is 101 Å². The average Bonchev–Trinajstić information content (AvgIpc) is 2.22. The van der Waals surface area contributed by atoms with Crippen LogP contribution in [0.4, 0.5) is 5.69 Å². The van der Waals surface area contributed by atoms with Gasteiger partial charge in [-0.3, -0.25) is 9.59 Å². The number of nitrogens with one attached hydrogen (secondary N) is 1. The summed E-state index contributed by atoms with van der Waals surface area (Å²) in [5, 5.41) is 11.4. The van der Waals surface area contributed by atoms with Crippen LogP contribution in [0.2, 0.25) is 0 Å². The molecule has 1 amide bonds. The van der Waals surface area contributed by atoms with Crippen LogP contribution in [0.15, 0.2) is 18.2 Å². The Morgan fingerprint density at radius 1 is 1.35 bits per heavy atom. The minimum absolute atomic E-state index is 0.0113. The lowest BCUT2D eigenvalue weighted by Crippen LogP contribution is -2.20. The summed E-state index contributed by atoms with van der Waals surface area (Å²) in [6.45, 7) is 5.40. The third kappa shape index (κ3) is 3.90. The van der Waals surface area contributed by atoms with Crippen molar-refractivity contribution in [3.63, 3.8) is 0 Å². The number of benzene rings is 1. The van der Waals surface area contributed by atoms with Crippen LogP contribution in [0.1, 0.15) is 24.5 Å². The van der Waals surface area contributed by atoms with E-state index in [-0.39, 0.29) is 12.3 Å². The lowest BCUT2D eigenvalue weighted by atomic mass is 10.1. The molecule has 0 aromatic heterocycles. The van der Waals surface area contributed by atoms with Crippen molar-refractivity contribution in [1.29, 1.82) is 0 Å². The number of carboxylic acids is 1. The van der Waals surface area contributed by atoms with E-state index in [1.54, 1.807) is 0 Å². The quantitative estimate of drug-likeness (QED) is 0.841. The van der Waals surface area contributed by atoms with Gasteiger partial charge in [0.1, 0.15) is 0 Å². The molecule has 0 heterocycles. The number of amides is 1. The monoisotopic (exact) mass is 235 g/mol. The number of rotatable bonds is 4. The van der Waals surface area contributed by atoms with Crippen LogP contribution in [0.5, 0.6) is 0 Å². The Kier molecular flexibility index (Phi) is 4.26. The smallest absolute Gasteiger partial charge is 0.306 e. The molecule has 1 atom stereocenters. The second kappa shape index (κ2) is 5.48. The van der Waals surface area contributed by atoms with Crippen molar-refractivity contribution >= 4 is 17.6 Å². The van der Waals surface area contributed by atoms with Gasteiger partial charge in [-0.25, -0.2) is 0 Å². The normalized spacial score (nSPS) is 11.9. The highest BCUT2D eigenvalue weighted by molar-refractivity contribution is 5.93. The van der Waals surface area contributed by atoms with Crippen LogP contribution in [0, 0.1) is 19.8 Å². The van der Waals surface area contributed by atoms with Crippen LogP contribution < -0.4 is 5.32 Å². The number of hydrogen-bond acceptors (Lipinski definition) is 2. The fourth-order valence-corrected chi connectivity index (χ4v) is 1.52. The summed E-state index contributed by atoms with van der Waals surface area (Å²) in [6.07, 6.45) is -0.0113. The second-order valence-corrected chi connectivity index (χ2v) is 4.31. The van der Waals surface area contributed by atoms with Crippen LogP contribution in [0.3, 0.4) is 0 Å². The summed E-state index contributed by atoms with van der Waals surface area (Å²) in [4.78, 5) is 22.2. The van der Waals surface area contributed by atoms with Gasteiger partial charge in [0.2, 0.25) is 5.91 Å². The van der Waals surface area contributed by atoms with Gasteiger partial charge in [-0.05, 0) is 25.5 Å². The first-order valence-electron chi connectivity index (χ1n) is 5.50. The molecule has 1 rings (SSSR count). The first-order chi connectivity index (χ1) is 7.90. The highest BCUT2D eigenvalue weighted by atomic mass is 16.4. The predicted molar refractivity (Wildman–Crippen MR) is 66.0 cm³/mol.